The monoisotopic (exact) mass is 416 g/mol. The van der Waals surface area contributed by atoms with Crippen molar-refractivity contribution < 1.29 is 26.3 Å². The SMILES string of the molecule is COS(=O)c1ccc2ccccc2c1-c1c(OC(F)(F)F)ccc2ccccc12. The van der Waals surface area contributed by atoms with Gasteiger partial charge in [-0.15, -0.1) is 13.2 Å². The third kappa shape index (κ3) is 3.71. The fourth-order valence-corrected chi connectivity index (χ4v) is 4.19. The van der Waals surface area contributed by atoms with Crippen LogP contribution < -0.4 is 4.74 Å². The van der Waals surface area contributed by atoms with E-state index in [1.54, 1.807) is 54.6 Å². The van der Waals surface area contributed by atoms with Crippen LogP contribution in [0.2, 0.25) is 0 Å². The Morgan fingerprint density at radius 2 is 1.31 bits per heavy atom. The molecular formula is C22H15F3O3S. The van der Waals surface area contributed by atoms with Crippen molar-refractivity contribution in [2.24, 2.45) is 0 Å². The Kier molecular flexibility index (Phi) is 5.02. The quantitative estimate of drug-likeness (QED) is 0.396. The number of halogens is 3. The second kappa shape index (κ2) is 7.50. The first kappa shape index (κ1) is 19.4. The van der Waals surface area contributed by atoms with Gasteiger partial charge in [0.2, 0.25) is 0 Å². The second-order valence-electron chi connectivity index (χ2n) is 6.27. The van der Waals surface area contributed by atoms with Crippen molar-refractivity contribution >= 4 is 32.6 Å². The van der Waals surface area contributed by atoms with Gasteiger partial charge in [-0.25, -0.2) is 4.21 Å². The highest BCUT2D eigenvalue weighted by molar-refractivity contribution is 7.80. The van der Waals surface area contributed by atoms with Gasteiger partial charge in [0.05, 0.1) is 12.0 Å². The van der Waals surface area contributed by atoms with Gasteiger partial charge in [0.15, 0.2) is 11.1 Å². The van der Waals surface area contributed by atoms with Crippen LogP contribution in [0, 0.1) is 0 Å². The number of fused-ring (bicyclic) bond motifs is 2. The van der Waals surface area contributed by atoms with Crippen LogP contribution in [0.15, 0.2) is 77.7 Å². The van der Waals surface area contributed by atoms with Crippen molar-refractivity contribution in [3.05, 3.63) is 72.8 Å². The van der Waals surface area contributed by atoms with Crippen LogP contribution in [0.1, 0.15) is 0 Å². The van der Waals surface area contributed by atoms with Crippen molar-refractivity contribution in [3.8, 4) is 16.9 Å². The zero-order valence-corrected chi connectivity index (χ0v) is 16.0. The average molecular weight is 416 g/mol. The fraction of sp³-hybridized carbons (Fsp3) is 0.0909. The summed E-state index contributed by atoms with van der Waals surface area (Å²) in [5.41, 5.74) is 0.608. The lowest BCUT2D eigenvalue weighted by Gasteiger charge is -2.19. The Morgan fingerprint density at radius 1 is 0.759 bits per heavy atom. The van der Waals surface area contributed by atoms with Crippen LogP contribution in [-0.2, 0) is 15.3 Å². The molecule has 1 atom stereocenters. The first-order valence-corrected chi connectivity index (χ1v) is 9.72. The Hall–Kier alpha value is -2.90. The number of rotatable bonds is 4. The van der Waals surface area contributed by atoms with Crippen LogP contribution in [0.5, 0.6) is 5.75 Å². The lowest BCUT2D eigenvalue weighted by atomic mass is 9.93. The highest BCUT2D eigenvalue weighted by Crippen LogP contribution is 2.44. The van der Waals surface area contributed by atoms with Gasteiger partial charge in [0.25, 0.3) is 0 Å². The molecule has 0 aromatic heterocycles. The van der Waals surface area contributed by atoms with E-state index in [9.17, 15) is 17.4 Å². The van der Waals surface area contributed by atoms with Crippen molar-refractivity contribution in [2.75, 3.05) is 7.11 Å². The van der Waals surface area contributed by atoms with Crippen molar-refractivity contribution in [1.29, 1.82) is 0 Å². The number of ether oxygens (including phenoxy) is 1. The van der Waals surface area contributed by atoms with Crippen molar-refractivity contribution in [3.63, 3.8) is 0 Å². The first-order chi connectivity index (χ1) is 13.9. The molecule has 0 heterocycles. The zero-order valence-electron chi connectivity index (χ0n) is 15.2. The number of hydrogen-bond acceptors (Lipinski definition) is 3. The van der Waals surface area contributed by atoms with Gasteiger partial charge in [-0.3, -0.25) is 4.18 Å². The molecule has 0 N–H and O–H groups in total. The molecule has 0 spiro atoms. The maximum absolute atomic E-state index is 13.2. The van der Waals surface area contributed by atoms with E-state index in [-0.39, 0.29) is 16.2 Å². The fourth-order valence-electron chi connectivity index (χ4n) is 3.46. The highest BCUT2D eigenvalue weighted by Gasteiger charge is 2.33. The third-order valence-electron chi connectivity index (χ3n) is 4.59. The standard InChI is InChI=1S/C22H15F3O3S/c1-27-29(26)19-13-11-15-7-3-5-9-17(15)21(19)20-16-8-4-2-6-14(16)10-12-18(20)28-22(23,24)25/h2-13H,1H3. The summed E-state index contributed by atoms with van der Waals surface area (Å²) < 4.78 is 61.5. The summed E-state index contributed by atoms with van der Waals surface area (Å²) in [4.78, 5) is 0.273. The minimum absolute atomic E-state index is 0.220. The Morgan fingerprint density at radius 3 is 1.90 bits per heavy atom. The first-order valence-electron chi connectivity index (χ1n) is 8.65. The van der Waals surface area contributed by atoms with Gasteiger partial charge in [0.1, 0.15) is 5.75 Å². The molecule has 29 heavy (non-hydrogen) atoms. The van der Waals surface area contributed by atoms with Crippen LogP contribution in [-0.4, -0.2) is 17.7 Å². The van der Waals surface area contributed by atoms with E-state index in [4.69, 9.17) is 4.18 Å². The molecule has 0 radical (unpaired) electrons. The average Bonchev–Trinajstić information content (AvgIpc) is 2.71. The lowest BCUT2D eigenvalue weighted by molar-refractivity contribution is -0.274. The zero-order chi connectivity index (χ0) is 20.6. The topological polar surface area (TPSA) is 35.5 Å². The van der Waals surface area contributed by atoms with Crippen molar-refractivity contribution in [2.45, 2.75) is 11.3 Å². The summed E-state index contributed by atoms with van der Waals surface area (Å²) in [5.74, 6) is -0.359. The van der Waals surface area contributed by atoms with Gasteiger partial charge < -0.3 is 4.74 Å². The molecule has 4 rings (SSSR count). The maximum atomic E-state index is 13.2. The molecule has 0 aliphatic carbocycles. The largest absolute Gasteiger partial charge is 0.573 e. The molecule has 0 fully saturated rings. The number of benzene rings is 4. The molecule has 0 amide bonds. The molecule has 0 saturated carbocycles. The summed E-state index contributed by atoms with van der Waals surface area (Å²) in [6.45, 7) is 0. The molecule has 0 aliphatic heterocycles. The minimum Gasteiger partial charge on any atom is -0.405 e. The van der Waals surface area contributed by atoms with E-state index < -0.39 is 17.4 Å². The van der Waals surface area contributed by atoms with Gasteiger partial charge in [-0.05, 0) is 33.7 Å². The predicted molar refractivity (Wildman–Crippen MR) is 107 cm³/mol. The normalized spacial score (nSPS) is 13.0. The summed E-state index contributed by atoms with van der Waals surface area (Å²) in [6.07, 6.45) is -4.87. The molecule has 0 bridgehead atoms. The van der Waals surface area contributed by atoms with Crippen LogP contribution in [0.3, 0.4) is 0 Å². The summed E-state index contributed by atoms with van der Waals surface area (Å²) in [7, 11) is 1.28. The van der Waals surface area contributed by atoms with Gasteiger partial charge in [-0.1, -0.05) is 60.7 Å². The van der Waals surface area contributed by atoms with E-state index in [0.717, 1.165) is 10.8 Å². The third-order valence-corrected chi connectivity index (χ3v) is 5.59. The van der Waals surface area contributed by atoms with Gasteiger partial charge in [-0.2, -0.15) is 0 Å². The summed E-state index contributed by atoms with van der Waals surface area (Å²) in [6, 6.07) is 20.5. The molecule has 3 nitrogen and oxygen atoms in total. The Labute approximate surface area is 167 Å². The van der Waals surface area contributed by atoms with E-state index >= 15 is 0 Å². The predicted octanol–water partition coefficient (Wildman–Crippen LogP) is 6.23. The Bertz CT molecular complexity index is 1240. The second-order valence-corrected chi connectivity index (χ2v) is 7.51. The highest BCUT2D eigenvalue weighted by atomic mass is 32.2. The molecule has 1 unspecified atom stereocenters. The molecule has 4 aromatic rings. The number of alkyl halides is 3. The maximum Gasteiger partial charge on any atom is 0.573 e. The molecule has 0 saturated heterocycles. The Balaban J connectivity index is 2.18. The van der Waals surface area contributed by atoms with E-state index in [1.807, 2.05) is 12.1 Å². The van der Waals surface area contributed by atoms with Gasteiger partial charge in [0, 0.05) is 11.1 Å². The minimum atomic E-state index is -4.87. The summed E-state index contributed by atoms with van der Waals surface area (Å²) in [5, 5.41) is 2.74. The van der Waals surface area contributed by atoms with Crippen LogP contribution in [0.4, 0.5) is 13.2 Å². The molecule has 4 aromatic carbocycles. The lowest BCUT2D eigenvalue weighted by Crippen LogP contribution is -2.18. The molecular weight excluding hydrogens is 401 g/mol. The van der Waals surface area contributed by atoms with Crippen LogP contribution >= 0.6 is 0 Å². The van der Waals surface area contributed by atoms with E-state index in [1.165, 1.54) is 13.2 Å². The van der Waals surface area contributed by atoms with Crippen LogP contribution in [0.25, 0.3) is 32.7 Å². The molecule has 0 aliphatic rings. The van der Waals surface area contributed by atoms with Gasteiger partial charge >= 0.3 is 6.36 Å². The molecule has 7 heteroatoms. The summed E-state index contributed by atoms with van der Waals surface area (Å²) >= 11 is -1.87. The smallest absolute Gasteiger partial charge is 0.405 e. The van der Waals surface area contributed by atoms with Crippen molar-refractivity contribution in [1.82, 2.24) is 0 Å². The van der Waals surface area contributed by atoms with E-state index in [0.29, 0.717) is 16.3 Å². The molecule has 148 valence electrons. The van der Waals surface area contributed by atoms with E-state index in [2.05, 4.69) is 4.74 Å². The number of hydrogen-bond donors (Lipinski definition) is 0.